The minimum Gasteiger partial charge on any atom is -0.370 e. The second-order valence-corrected chi connectivity index (χ2v) is 5.87. The minimum absolute atomic E-state index is 0.0174. The van der Waals surface area contributed by atoms with Gasteiger partial charge >= 0.3 is 0 Å². The van der Waals surface area contributed by atoms with Gasteiger partial charge in [0.1, 0.15) is 0 Å². The molecule has 18 heavy (non-hydrogen) atoms. The van der Waals surface area contributed by atoms with Gasteiger partial charge in [-0.25, -0.2) is 0 Å². The molecule has 0 saturated heterocycles. The highest BCUT2D eigenvalue weighted by atomic mass is 15.1. The third kappa shape index (κ3) is 3.49. The maximum atomic E-state index is 5.86. The van der Waals surface area contributed by atoms with Crippen LogP contribution in [0.3, 0.4) is 0 Å². The molecule has 0 heterocycles. The first-order chi connectivity index (χ1) is 8.47. The fraction of sp³-hybridized carbons (Fsp3) is 0.533. The third-order valence-corrected chi connectivity index (χ3v) is 3.41. The molecule has 3 nitrogen and oxygen atoms in total. The Kier molecular flexibility index (Phi) is 3.60. The summed E-state index contributed by atoms with van der Waals surface area (Å²) in [4.78, 5) is 4.46. The zero-order valence-corrected chi connectivity index (χ0v) is 11.5. The van der Waals surface area contributed by atoms with Crippen molar-refractivity contribution in [3.8, 4) is 0 Å². The second kappa shape index (κ2) is 5.01. The van der Waals surface area contributed by atoms with Gasteiger partial charge in [0, 0.05) is 11.5 Å². The Labute approximate surface area is 109 Å². The summed E-state index contributed by atoms with van der Waals surface area (Å²) in [6.45, 7) is 7.21. The van der Waals surface area contributed by atoms with Crippen molar-refractivity contribution in [2.24, 2.45) is 10.7 Å². The largest absolute Gasteiger partial charge is 0.370 e. The molecule has 3 N–H and O–H groups in total. The van der Waals surface area contributed by atoms with E-state index >= 15 is 0 Å². The average molecular weight is 245 g/mol. The fourth-order valence-corrected chi connectivity index (χ4v) is 1.86. The summed E-state index contributed by atoms with van der Waals surface area (Å²) in [7, 11) is 0. The highest BCUT2D eigenvalue weighted by Gasteiger charge is 2.23. The number of nitrogens with zero attached hydrogens (tertiary/aromatic N) is 1. The second-order valence-electron chi connectivity index (χ2n) is 5.87. The fourth-order valence-electron chi connectivity index (χ4n) is 1.86. The van der Waals surface area contributed by atoms with E-state index in [1.807, 2.05) is 0 Å². The van der Waals surface area contributed by atoms with E-state index in [0.29, 0.717) is 18.5 Å². The summed E-state index contributed by atoms with van der Waals surface area (Å²) in [5.41, 5.74) is 8.47. The highest BCUT2D eigenvalue weighted by molar-refractivity contribution is 5.78. The molecule has 2 rings (SSSR count). The van der Waals surface area contributed by atoms with E-state index in [-0.39, 0.29) is 5.41 Å². The summed E-state index contributed by atoms with van der Waals surface area (Å²) >= 11 is 0. The van der Waals surface area contributed by atoms with Crippen LogP contribution in [-0.2, 0) is 5.41 Å². The molecule has 1 aromatic carbocycles. The Hall–Kier alpha value is -1.51. The van der Waals surface area contributed by atoms with Crippen LogP contribution in [0.15, 0.2) is 29.3 Å². The van der Waals surface area contributed by atoms with Crippen LogP contribution in [0.2, 0.25) is 0 Å². The van der Waals surface area contributed by atoms with Crippen LogP contribution >= 0.6 is 0 Å². The van der Waals surface area contributed by atoms with Crippen molar-refractivity contribution >= 4 is 5.96 Å². The maximum Gasteiger partial charge on any atom is 0.188 e. The smallest absolute Gasteiger partial charge is 0.188 e. The molecule has 0 bridgehead atoms. The topological polar surface area (TPSA) is 50.4 Å². The molecule has 0 atom stereocenters. The van der Waals surface area contributed by atoms with E-state index in [1.54, 1.807) is 0 Å². The lowest BCUT2D eigenvalue weighted by Crippen LogP contribution is -2.35. The van der Waals surface area contributed by atoms with Crippen LogP contribution in [0.4, 0.5) is 0 Å². The van der Waals surface area contributed by atoms with Gasteiger partial charge < -0.3 is 11.1 Å². The first kappa shape index (κ1) is 12.9. The summed E-state index contributed by atoms with van der Waals surface area (Å²) in [5.74, 6) is 0.581. The van der Waals surface area contributed by atoms with Crippen molar-refractivity contribution < 1.29 is 0 Å². The highest BCUT2D eigenvalue weighted by Crippen LogP contribution is 2.24. The van der Waals surface area contributed by atoms with E-state index in [4.69, 9.17) is 5.73 Å². The number of aryl methyl sites for hydroxylation is 1. The Balaban J connectivity index is 1.99. The molecule has 1 saturated carbocycles. The first-order valence-corrected chi connectivity index (χ1v) is 6.61. The lowest BCUT2D eigenvalue weighted by Gasteiger charge is -2.23. The molecule has 0 aliphatic heterocycles. The molecule has 0 amide bonds. The average Bonchev–Trinajstić information content (AvgIpc) is 3.11. The van der Waals surface area contributed by atoms with Gasteiger partial charge in [0.2, 0.25) is 0 Å². The number of hydrogen-bond acceptors (Lipinski definition) is 1. The Morgan fingerprint density at radius 2 is 1.94 bits per heavy atom. The number of nitrogens with two attached hydrogens (primary N) is 1. The predicted molar refractivity (Wildman–Crippen MR) is 76.9 cm³/mol. The molecular weight excluding hydrogens is 222 g/mol. The van der Waals surface area contributed by atoms with Gasteiger partial charge in [0.15, 0.2) is 5.96 Å². The van der Waals surface area contributed by atoms with Gasteiger partial charge in [-0.3, -0.25) is 4.99 Å². The van der Waals surface area contributed by atoms with Gasteiger partial charge in [-0.05, 0) is 25.3 Å². The van der Waals surface area contributed by atoms with Crippen LogP contribution < -0.4 is 11.1 Å². The van der Waals surface area contributed by atoms with Crippen molar-refractivity contribution in [1.82, 2.24) is 5.32 Å². The van der Waals surface area contributed by atoms with Crippen molar-refractivity contribution in [3.05, 3.63) is 35.4 Å². The van der Waals surface area contributed by atoms with E-state index in [1.165, 1.54) is 24.0 Å². The molecule has 0 unspecified atom stereocenters. The van der Waals surface area contributed by atoms with E-state index < -0.39 is 0 Å². The van der Waals surface area contributed by atoms with Gasteiger partial charge in [0.05, 0.1) is 6.54 Å². The zero-order valence-electron chi connectivity index (χ0n) is 11.5. The van der Waals surface area contributed by atoms with Crippen LogP contribution in [-0.4, -0.2) is 18.5 Å². The van der Waals surface area contributed by atoms with Crippen molar-refractivity contribution in [3.63, 3.8) is 0 Å². The SMILES string of the molecule is Cc1ccc(C(C)(C)CN=C(N)NC2CC2)cc1. The molecule has 0 spiro atoms. The summed E-state index contributed by atoms with van der Waals surface area (Å²) in [6.07, 6.45) is 2.44. The predicted octanol–water partition coefficient (Wildman–Crippen LogP) is 2.34. The Bertz CT molecular complexity index is 428. The lowest BCUT2D eigenvalue weighted by molar-refractivity contribution is 0.538. The number of guanidine groups is 1. The first-order valence-electron chi connectivity index (χ1n) is 6.61. The molecule has 1 aromatic rings. The monoisotopic (exact) mass is 245 g/mol. The molecule has 1 aliphatic carbocycles. The van der Waals surface area contributed by atoms with Crippen LogP contribution in [0.5, 0.6) is 0 Å². The standard InChI is InChI=1S/C15H23N3/c1-11-4-6-12(7-5-11)15(2,3)10-17-14(16)18-13-8-9-13/h4-7,13H,8-10H2,1-3H3,(H3,16,17,18). The Morgan fingerprint density at radius 3 is 2.50 bits per heavy atom. The van der Waals surface area contributed by atoms with Gasteiger partial charge in [0.25, 0.3) is 0 Å². The molecule has 98 valence electrons. The van der Waals surface area contributed by atoms with E-state index in [2.05, 4.69) is 55.3 Å². The van der Waals surface area contributed by atoms with Gasteiger partial charge in [-0.1, -0.05) is 43.7 Å². The van der Waals surface area contributed by atoms with Crippen molar-refractivity contribution in [2.75, 3.05) is 6.54 Å². The summed E-state index contributed by atoms with van der Waals surface area (Å²) < 4.78 is 0. The number of benzene rings is 1. The van der Waals surface area contributed by atoms with E-state index in [0.717, 1.165) is 0 Å². The maximum absolute atomic E-state index is 5.86. The quantitative estimate of drug-likeness (QED) is 0.632. The number of aliphatic imine (C=N–C) groups is 1. The third-order valence-electron chi connectivity index (χ3n) is 3.41. The molecule has 3 heteroatoms. The molecule has 0 radical (unpaired) electrons. The number of nitrogens with one attached hydrogen (secondary N) is 1. The van der Waals surface area contributed by atoms with E-state index in [9.17, 15) is 0 Å². The molecular formula is C15H23N3. The molecule has 1 aliphatic rings. The van der Waals surface area contributed by atoms with Crippen LogP contribution in [0.1, 0.15) is 37.8 Å². The van der Waals surface area contributed by atoms with Gasteiger partial charge in [-0.2, -0.15) is 0 Å². The number of hydrogen-bond donors (Lipinski definition) is 2. The van der Waals surface area contributed by atoms with Crippen molar-refractivity contribution in [2.45, 2.75) is 45.1 Å². The Morgan fingerprint density at radius 1 is 1.33 bits per heavy atom. The number of rotatable bonds is 4. The lowest BCUT2D eigenvalue weighted by atomic mass is 9.84. The zero-order chi connectivity index (χ0) is 13.2. The minimum atomic E-state index is 0.0174. The van der Waals surface area contributed by atoms with Crippen LogP contribution in [0.25, 0.3) is 0 Å². The van der Waals surface area contributed by atoms with Gasteiger partial charge in [-0.15, -0.1) is 0 Å². The van der Waals surface area contributed by atoms with Crippen molar-refractivity contribution in [1.29, 1.82) is 0 Å². The van der Waals surface area contributed by atoms with Crippen LogP contribution in [0, 0.1) is 6.92 Å². The summed E-state index contributed by atoms with van der Waals surface area (Å²) in [5, 5.41) is 3.21. The molecule has 1 fully saturated rings. The summed E-state index contributed by atoms with van der Waals surface area (Å²) in [6, 6.07) is 9.21. The molecule has 0 aromatic heterocycles. The normalized spacial score (nSPS) is 16.7.